The molecule has 0 aromatic heterocycles. The summed E-state index contributed by atoms with van der Waals surface area (Å²) >= 11 is 0. The topological polar surface area (TPSA) is 38.5 Å². The fourth-order valence-electron chi connectivity index (χ4n) is 2.53. The Hall–Kier alpha value is -1.06. The van der Waals surface area contributed by atoms with Gasteiger partial charge in [-0.3, -0.25) is 4.90 Å². The zero-order valence-electron chi connectivity index (χ0n) is 11.3. The number of piperidine rings is 1. The van der Waals surface area contributed by atoms with Gasteiger partial charge in [-0.1, -0.05) is 18.6 Å². The molecule has 1 heterocycles. The Morgan fingerprint density at radius 1 is 1.22 bits per heavy atom. The molecule has 0 amide bonds. The molecule has 2 N–H and O–H groups in total. The molecule has 1 aromatic carbocycles. The maximum absolute atomic E-state index is 5.72. The van der Waals surface area contributed by atoms with Crippen molar-refractivity contribution in [1.82, 2.24) is 4.90 Å². The minimum Gasteiger partial charge on any atom is -0.494 e. The maximum Gasteiger partial charge on any atom is 0.124 e. The molecule has 0 radical (unpaired) electrons. The molecular formula is C15H24N2O. The van der Waals surface area contributed by atoms with Crippen LogP contribution in [0, 0.1) is 0 Å². The molecule has 100 valence electrons. The van der Waals surface area contributed by atoms with Gasteiger partial charge in [0, 0.05) is 18.7 Å². The smallest absolute Gasteiger partial charge is 0.124 e. The lowest BCUT2D eigenvalue weighted by molar-refractivity contribution is 0.220. The third kappa shape index (κ3) is 3.47. The summed E-state index contributed by atoms with van der Waals surface area (Å²) in [6.45, 7) is 6.73. The fourth-order valence-corrected chi connectivity index (χ4v) is 2.53. The first-order valence-corrected chi connectivity index (χ1v) is 7.00. The van der Waals surface area contributed by atoms with Crippen LogP contribution in [-0.2, 0) is 13.1 Å². The van der Waals surface area contributed by atoms with E-state index in [4.69, 9.17) is 10.5 Å². The van der Waals surface area contributed by atoms with Crippen molar-refractivity contribution in [3.05, 3.63) is 29.3 Å². The summed E-state index contributed by atoms with van der Waals surface area (Å²) in [7, 11) is 0. The van der Waals surface area contributed by atoms with Crippen LogP contribution < -0.4 is 10.5 Å². The van der Waals surface area contributed by atoms with Crippen molar-refractivity contribution in [2.75, 3.05) is 19.7 Å². The standard InChI is InChI=1S/C15H24N2O/c1-2-18-15-10-13(6-7-14(15)11-16)12-17-8-4-3-5-9-17/h6-7,10H,2-5,8-9,11-12,16H2,1H3. The van der Waals surface area contributed by atoms with Crippen LogP contribution in [0.2, 0.25) is 0 Å². The lowest BCUT2D eigenvalue weighted by atomic mass is 10.1. The average Bonchev–Trinajstić information content (AvgIpc) is 2.41. The Balaban J connectivity index is 2.05. The summed E-state index contributed by atoms with van der Waals surface area (Å²) in [5, 5.41) is 0. The van der Waals surface area contributed by atoms with Gasteiger partial charge in [-0.05, 0) is 44.5 Å². The highest BCUT2D eigenvalue weighted by Crippen LogP contribution is 2.22. The minimum absolute atomic E-state index is 0.541. The van der Waals surface area contributed by atoms with Crippen LogP contribution in [0.25, 0.3) is 0 Å². The number of nitrogens with two attached hydrogens (primary N) is 1. The van der Waals surface area contributed by atoms with E-state index >= 15 is 0 Å². The second-order valence-electron chi connectivity index (χ2n) is 4.92. The normalized spacial score (nSPS) is 16.8. The largest absolute Gasteiger partial charge is 0.494 e. The lowest BCUT2D eigenvalue weighted by Gasteiger charge is -2.26. The molecule has 1 aliphatic rings. The number of nitrogens with zero attached hydrogens (tertiary/aromatic N) is 1. The molecule has 2 rings (SSSR count). The molecule has 3 heteroatoms. The first-order valence-electron chi connectivity index (χ1n) is 7.00. The number of benzene rings is 1. The van der Waals surface area contributed by atoms with Gasteiger partial charge in [0.05, 0.1) is 6.61 Å². The predicted molar refractivity (Wildman–Crippen MR) is 74.6 cm³/mol. The van der Waals surface area contributed by atoms with Crippen molar-refractivity contribution in [2.45, 2.75) is 39.3 Å². The van der Waals surface area contributed by atoms with E-state index in [1.807, 2.05) is 6.92 Å². The summed E-state index contributed by atoms with van der Waals surface area (Å²) in [5.74, 6) is 0.953. The fraction of sp³-hybridized carbons (Fsp3) is 0.600. The Bertz CT molecular complexity index is 373. The van der Waals surface area contributed by atoms with E-state index in [2.05, 4.69) is 23.1 Å². The first-order chi connectivity index (χ1) is 8.83. The maximum atomic E-state index is 5.72. The molecule has 1 aliphatic heterocycles. The van der Waals surface area contributed by atoms with Crippen LogP contribution in [0.3, 0.4) is 0 Å². The molecule has 0 aliphatic carbocycles. The minimum atomic E-state index is 0.541. The third-order valence-corrected chi connectivity index (χ3v) is 3.51. The van der Waals surface area contributed by atoms with Crippen LogP contribution in [0.4, 0.5) is 0 Å². The monoisotopic (exact) mass is 248 g/mol. The van der Waals surface area contributed by atoms with Crippen LogP contribution in [-0.4, -0.2) is 24.6 Å². The number of hydrogen-bond acceptors (Lipinski definition) is 3. The summed E-state index contributed by atoms with van der Waals surface area (Å²) in [5.41, 5.74) is 8.15. The van der Waals surface area contributed by atoms with Gasteiger partial charge in [0.25, 0.3) is 0 Å². The first kappa shape index (κ1) is 13.4. The van der Waals surface area contributed by atoms with Gasteiger partial charge in [0.2, 0.25) is 0 Å². The second-order valence-corrected chi connectivity index (χ2v) is 4.92. The van der Waals surface area contributed by atoms with E-state index in [0.29, 0.717) is 13.2 Å². The van der Waals surface area contributed by atoms with E-state index in [-0.39, 0.29) is 0 Å². The van der Waals surface area contributed by atoms with E-state index in [9.17, 15) is 0 Å². The van der Waals surface area contributed by atoms with Crippen LogP contribution in [0.15, 0.2) is 18.2 Å². The molecule has 0 bridgehead atoms. The second kappa shape index (κ2) is 6.76. The molecule has 1 fully saturated rings. The van der Waals surface area contributed by atoms with E-state index in [0.717, 1.165) is 17.9 Å². The quantitative estimate of drug-likeness (QED) is 0.870. The Kier molecular flexibility index (Phi) is 5.02. The molecular weight excluding hydrogens is 224 g/mol. The number of hydrogen-bond donors (Lipinski definition) is 1. The van der Waals surface area contributed by atoms with Gasteiger partial charge in [-0.25, -0.2) is 0 Å². The lowest BCUT2D eigenvalue weighted by Crippen LogP contribution is -2.29. The molecule has 0 saturated carbocycles. The highest BCUT2D eigenvalue weighted by atomic mass is 16.5. The number of rotatable bonds is 5. The molecule has 1 aromatic rings. The Labute approximate surface area is 110 Å². The molecule has 18 heavy (non-hydrogen) atoms. The van der Waals surface area contributed by atoms with Crippen molar-refractivity contribution < 1.29 is 4.74 Å². The van der Waals surface area contributed by atoms with E-state index in [1.165, 1.54) is 37.9 Å². The summed E-state index contributed by atoms with van der Waals surface area (Å²) < 4.78 is 5.66. The van der Waals surface area contributed by atoms with Crippen molar-refractivity contribution in [3.8, 4) is 5.75 Å². The van der Waals surface area contributed by atoms with E-state index < -0.39 is 0 Å². The highest BCUT2D eigenvalue weighted by Gasteiger charge is 2.11. The summed E-state index contributed by atoms with van der Waals surface area (Å²) in [4.78, 5) is 2.52. The molecule has 0 atom stereocenters. The van der Waals surface area contributed by atoms with Crippen molar-refractivity contribution in [3.63, 3.8) is 0 Å². The molecule has 3 nitrogen and oxygen atoms in total. The average molecular weight is 248 g/mol. The zero-order chi connectivity index (χ0) is 12.8. The van der Waals surface area contributed by atoms with Crippen LogP contribution in [0.5, 0.6) is 5.75 Å². The van der Waals surface area contributed by atoms with Gasteiger partial charge < -0.3 is 10.5 Å². The molecule has 0 spiro atoms. The van der Waals surface area contributed by atoms with Crippen LogP contribution >= 0.6 is 0 Å². The number of likely N-dealkylation sites (tertiary alicyclic amines) is 1. The zero-order valence-corrected chi connectivity index (χ0v) is 11.3. The molecule has 0 unspecified atom stereocenters. The summed E-state index contributed by atoms with van der Waals surface area (Å²) in [6, 6.07) is 6.43. The van der Waals surface area contributed by atoms with Crippen molar-refractivity contribution >= 4 is 0 Å². The van der Waals surface area contributed by atoms with Gasteiger partial charge in [0.15, 0.2) is 0 Å². The van der Waals surface area contributed by atoms with Crippen molar-refractivity contribution in [1.29, 1.82) is 0 Å². The van der Waals surface area contributed by atoms with Gasteiger partial charge in [0.1, 0.15) is 5.75 Å². The third-order valence-electron chi connectivity index (χ3n) is 3.51. The highest BCUT2D eigenvalue weighted by molar-refractivity contribution is 5.37. The SMILES string of the molecule is CCOc1cc(CN2CCCCC2)ccc1CN. The Morgan fingerprint density at radius 3 is 2.67 bits per heavy atom. The van der Waals surface area contributed by atoms with E-state index in [1.54, 1.807) is 0 Å². The molecule has 1 saturated heterocycles. The van der Waals surface area contributed by atoms with Gasteiger partial charge in [-0.2, -0.15) is 0 Å². The van der Waals surface area contributed by atoms with Crippen molar-refractivity contribution in [2.24, 2.45) is 5.73 Å². The Morgan fingerprint density at radius 2 is 2.00 bits per heavy atom. The number of ether oxygens (including phenoxy) is 1. The van der Waals surface area contributed by atoms with Gasteiger partial charge >= 0.3 is 0 Å². The summed E-state index contributed by atoms with van der Waals surface area (Å²) in [6.07, 6.45) is 4.05. The van der Waals surface area contributed by atoms with Gasteiger partial charge in [-0.15, -0.1) is 0 Å². The predicted octanol–water partition coefficient (Wildman–Crippen LogP) is 2.53. The van der Waals surface area contributed by atoms with Crippen LogP contribution in [0.1, 0.15) is 37.3 Å².